The highest BCUT2D eigenvalue weighted by atomic mass is 32.2. The van der Waals surface area contributed by atoms with E-state index >= 15 is 0 Å². The van der Waals surface area contributed by atoms with Crippen LogP contribution in [0.1, 0.15) is 11.3 Å². The van der Waals surface area contributed by atoms with E-state index in [-0.39, 0.29) is 17.0 Å². The fourth-order valence-corrected chi connectivity index (χ4v) is 2.86. The molecule has 0 amide bonds. The summed E-state index contributed by atoms with van der Waals surface area (Å²) in [6.45, 7) is 0.182. The Bertz CT molecular complexity index is 793. The van der Waals surface area contributed by atoms with E-state index in [2.05, 4.69) is 9.82 Å². The lowest BCUT2D eigenvalue weighted by Crippen LogP contribution is -2.26. The van der Waals surface area contributed by atoms with Crippen LogP contribution in [0.3, 0.4) is 0 Å². The SMILES string of the molecule is Cn1nccc1CCNS(=O)(=O)c1ccc(F)c(C#N)c1. The molecule has 0 aliphatic heterocycles. The van der Waals surface area contributed by atoms with Crippen molar-refractivity contribution in [1.82, 2.24) is 14.5 Å². The maximum atomic E-state index is 13.2. The minimum absolute atomic E-state index is 0.134. The number of sulfonamides is 1. The zero-order chi connectivity index (χ0) is 15.5. The Morgan fingerprint density at radius 1 is 1.43 bits per heavy atom. The number of aromatic nitrogens is 2. The number of nitrogens with zero attached hydrogens (tertiary/aromatic N) is 3. The van der Waals surface area contributed by atoms with Crippen LogP contribution in [0.25, 0.3) is 0 Å². The molecule has 1 aromatic heterocycles. The average Bonchev–Trinajstić information content (AvgIpc) is 2.84. The highest BCUT2D eigenvalue weighted by Crippen LogP contribution is 2.14. The van der Waals surface area contributed by atoms with Crippen molar-refractivity contribution in [2.75, 3.05) is 6.54 Å². The summed E-state index contributed by atoms with van der Waals surface area (Å²) in [5.74, 6) is -0.744. The first-order chi connectivity index (χ1) is 9.94. The minimum Gasteiger partial charge on any atom is -0.273 e. The fraction of sp³-hybridized carbons (Fsp3) is 0.231. The van der Waals surface area contributed by atoms with Gasteiger partial charge in [0.25, 0.3) is 0 Å². The Labute approximate surface area is 121 Å². The summed E-state index contributed by atoms with van der Waals surface area (Å²) in [4.78, 5) is -0.134. The first-order valence-corrected chi connectivity index (χ1v) is 7.58. The molecule has 2 rings (SSSR count). The predicted octanol–water partition coefficient (Wildman–Crippen LogP) is 0.952. The lowest BCUT2D eigenvalue weighted by molar-refractivity contribution is 0.578. The third-order valence-electron chi connectivity index (χ3n) is 2.96. The Balaban J connectivity index is 2.09. The van der Waals surface area contributed by atoms with Gasteiger partial charge in [-0.1, -0.05) is 0 Å². The molecule has 6 nitrogen and oxygen atoms in total. The summed E-state index contributed by atoms with van der Waals surface area (Å²) in [7, 11) is -2.01. The molecular formula is C13H13FN4O2S. The normalized spacial score (nSPS) is 11.3. The molecule has 1 heterocycles. The zero-order valence-electron chi connectivity index (χ0n) is 11.2. The summed E-state index contributed by atoms with van der Waals surface area (Å²) < 4.78 is 41.4. The molecular weight excluding hydrogens is 295 g/mol. The first-order valence-electron chi connectivity index (χ1n) is 6.10. The van der Waals surface area contributed by atoms with Crippen LogP contribution < -0.4 is 4.72 Å². The lowest BCUT2D eigenvalue weighted by Gasteiger charge is -2.07. The van der Waals surface area contributed by atoms with Crippen LogP contribution in [0.5, 0.6) is 0 Å². The van der Waals surface area contributed by atoms with Crippen LogP contribution in [-0.2, 0) is 23.5 Å². The number of nitriles is 1. The van der Waals surface area contributed by atoms with Gasteiger partial charge in [0.2, 0.25) is 10.0 Å². The van der Waals surface area contributed by atoms with E-state index in [4.69, 9.17) is 5.26 Å². The second kappa shape index (κ2) is 6.03. The molecule has 0 saturated carbocycles. The molecule has 0 bridgehead atoms. The molecule has 0 atom stereocenters. The van der Waals surface area contributed by atoms with Crippen LogP contribution in [0.2, 0.25) is 0 Å². The van der Waals surface area contributed by atoms with Gasteiger partial charge in [-0.05, 0) is 24.3 Å². The summed E-state index contributed by atoms with van der Waals surface area (Å²) in [5, 5.41) is 12.7. The minimum atomic E-state index is -3.77. The van der Waals surface area contributed by atoms with Gasteiger partial charge in [-0.3, -0.25) is 4.68 Å². The second-order valence-electron chi connectivity index (χ2n) is 4.35. The number of nitrogens with one attached hydrogen (secondary N) is 1. The number of aryl methyl sites for hydroxylation is 1. The highest BCUT2D eigenvalue weighted by molar-refractivity contribution is 7.89. The molecule has 1 aromatic carbocycles. The van der Waals surface area contributed by atoms with E-state index in [1.54, 1.807) is 30.1 Å². The Morgan fingerprint density at radius 3 is 2.81 bits per heavy atom. The Morgan fingerprint density at radius 2 is 2.19 bits per heavy atom. The largest absolute Gasteiger partial charge is 0.273 e. The van der Waals surface area contributed by atoms with Gasteiger partial charge in [-0.2, -0.15) is 10.4 Å². The molecule has 0 saturated heterocycles. The molecule has 0 unspecified atom stereocenters. The molecule has 1 N–H and O–H groups in total. The molecule has 0 aliphatic carbocycles. The average molecular weight is 308 g/mol. The summed E-state index contributed by atoms with van der Waals surface area (Å²) >= 11 is 0. The summed E-state index contributed by atoms with van der Waals surface area (Å²) in [5.41, 5.74) is 0.582. The van der Waals surface area contributed by atoms with Gasteiger partial charge < -0.3 is 0 Å². The first kappa shape index (κ1) is 15.2. The molecule has 2 aromatic rings. The zero-order valence-corrected chi connectivity index (χ0v) is 12.1. The van der Waals surface area contributed by atoms with Crippen molar-refractivity contribution in [2.45, 2.75) is 11.3 Å². The van der Waals surface area contributed by atoms with E-state index < -0.39 is 15.8 Å². The van der Waals surface area contributed by atoms with Crippen molar-refractivity contribution in [3.05, 3.63) is 47.5 Å². The van der Waals surface area contributed by atoms with Crippen LogP contribution in [0, 0.1) is 17.1 Å². The van der Waals surface area contributed by atoms with Crippen LogP contribution in [-0.4, -0.2) is 24.7 Å². The lowest BCUT2D eigenvalue weighted by atomic mass is 10.2. The Kier molecular flexibility index (Phi) is 4.35. The molecule has 110 valence electrons. The van der Waals surface area contributed by atoms with Gasteiger partial charge >= 0.3 is 0 Å². The smallest absolute Gasteiger partial charge is 0.240 e. The van der Waals surface area contributed by atoms with E-state index in [0.717, 1.165) is 23.9 Å². The summed E-state index contributed by atoms with van der Waals surface area (Å²) in [6.07, 6.45) is 2.10. The van der Waals surface area contributed by atoms with Gasteiger partial charge in [0.1, 0.15) is 11.9 Å². The topological polar surface area (TPSA) is 87.8 Å². The third-order valence-corrected chi connectivity index (χ3v) is 4.42. The van der Waals surface area contributed by atoms with Gasteiger partial charge in [0, 0.05) is 31.9 Å². The van der Waals surface area contributed by atoms with Crippen molar-refractivity contribution < 1.29 is 12.8 Å². The molecule has 8 heteroatoms. The molecule has 21 heavy (non-hydrogen) atoms. The third kappa shape index (κ3) is 3.45. The monoisotopic (exact) mass is 308 g/mol. The van der Waals surface area contributed by atoms with E-state index in [0.29, 0.717) is 6.42 Å². The number of rotatable bonds is 5. The second-order valence-corrected chi connectivity index (χ2v) is 6.11. The fourth-order valence-electron chi connectivity index (χ4n) is 1.80. The van der Waals surface area contributed by atoms with Crippen LogP contribution >= 0.6 is 0 Å². The van der Waals surface area contributed by atoms with Crippen molar-refractivity contribution in [1.29, 1.82) is 5.26 Å². The Hall–Kier alpha value is -2.24. The van der Waals surface area contributed by atoms with E-state index in [9.17, 15) is 12.8 Å². The van der Waals surface area contributed by atoms with E-state index in [1.807, 2.05) is 0 Å². The van der Waals surface area contributed by atoms with Crippen molar-refractivity contribution in [2.24, 2.45) is 7.05 Å². The van der Waals surface area contributed by atoms with Crippen molar-refractivity contribution >= 4 is 10.0 Å². The number of halogens is 1. The van der Waals surface area contributed by atoms with Gasteiger partial charge in [0.05, 0.1) is 10.5 Å². The molecule has 0 spiro atoms. The van der Waals surface area contributed by atoms with Gasteiger partial charge in [0.15, 0.2) is 0 Å². The van der Waals surface area contributed by atoms with Gasteiger partial charge in [-0.25, -0.2) is 17.5 Å². The molecule has 0 fully saturated rings. The number of hydrogen-bond acceptors (Lipinski definition) is 4. The summed E-state index contributed by atoms with van der Waals surface area (Å²) in [6, 6.07) is 6.52. The molecule has 0 aliphatic rings. The van der Waals surface area contributed by atoms with Crippen LogP contribution in [0.15, 0.2) is 35.4 Å². The predicted molar refractivity (Wildman–Crippen MR) is 73.2 cm³/mol. The standard InChI is InChI=1S/C13H13FN4O2S/c1-18-11(4-6-16-18)5-7-17-21(19,20)12-2-3-13(14)10(8-12)9-15/h2-4,6,8,17H,5,7H2,1H3. The quantitative estimate of drug-likeness (QED) is 0.891. The van der Waals surface area contributed by atoms with E-state index in [1.165, 1.54) is 0 Å². The molecule has 0 radical (unpaired) electrons. The van der Waals surface area contributed by atoms with Crippen LogP contribution in [0.4, 0.5) is 4.39 Å². The van der Waals surface area contributed by atoms with Gasteiger partial charge in [-0.15, -0.1) is 0 Å². The highest BCUT2D eigenvalue weighted by Gasteiger charge is 2.16. The van der Waals surface area contributed by atoms with Crippen molar-refractivity contribution in [3.63, 3.8) is 0 Å². The van der Waals surface area contributed by atoms with Crippen molar-refractivity contribution in [3.8, 4) is 6.07 Å². The maximum absolute atomic E-state index is 13.2. The maximum Gasteiger partial charge on any atom is 0.240 e. The number of benzene rings is 1. The number of hydrogen-bond donors (Lipinski definition) is 1.